The first kappa shape index (κ1) is 8.05. The largest absolute Gasteiger partial charge is 0.0619 e. The molecule has 0 saturated heterocycles. The second kappa shape index (κ2) is 3.37. The van der Waals surface area contributed by atoms with Crippen LogP contribution < -0.4 is 0 Å². The van der Waals surface area contributed by atoms with Crippen molar-refractivity contribution in [2.75, 3.05) is 0 Å². The fourth-order valence-corrected chi connectivity index (χ4v) is 1.79. The van der Waals surface area contributed by atoms with Gasteiger partial charge in [0.05, 0.1) is 0 Å². The maximum atomic E-state index is 3.96. The molecule has 0 aliphatic carbocycles. The second-order valence-corrected chi connectivity index (χ2v) is 3.58. The number of hydrogen-bond donors (Lipinski definition) is 0. The Morgan fingerprint density at radius 1 is 1.40 bits per heavy atom. The van der Waals surface area contributed by atoms with Crippen LogP contribution in [0.2, 0.25) is 0 Å². The lowest BCUT2D eigenvalue weighted by Gasteiger charge is -2.05. The molecule has 0 aliphatic rings. The molecular formula is C9H10I. The van der Waals surface area contributed by atoms with Crippen molar-refractivity contribution >= 4 is 22.6 Å². The smallest absolute Gasteiger partial charge is 0.0165 e. The van der Waals surface area contributed by atoms with E-state index in [0.717, 1.165) is 0 Å². The predicted molar refractivity (Wildman–Crippen MR) is 52.9 cm³/mol. The number of rotatable bonds is 1. The summed E-state index contributed by atoms with van der Waals surface area (Å²) in [6, 6.07) is 8.34. The molecule has 10 heavy (non-hydrogen) atoms. The van der Waals surface area contributed by atoms with Crippen LogP contribution in [0.1, 0.15) is 18.4 Å². The van der Waals surface area contributed by atoms with Crippen LogP contribution in [-0.4, -0.2) is 0 Å². The summed E-state index contributed by atoms with van der Waals surface area (Å²) in [4.78, 5) is 0. The Balaban J connectivity index is 3.03. The van der Waals surface area contributed by atoms with Crippen molar-refractivity contribution in [3.63, 3.8) is 0 Å². The number of benzene rings is 1. The quantitative estimate of drug-likeness (QED) is 0.666. The normalized spacial score (nSPS) is 10.4. The summed E-state index contributed by atoms with van der Waals surface area (Å²) in [5.41, 5.74) is 1.34. The van der Waals surface area contributed by atoms with Crippen molar-refractivity contribution in [1.29, 1.82) is 0 Å². The van der Waals surface area contributed by atoms with Gasteiger partial charge in [0.25, 0.3) is 0 Å². The highest BCUT2D eigenvalue weighted by molar-refractivity contribution is 14.1. The van der Waals surface area contributed by atoms with E-state index >= 15 is 0 Å². The van der Waals surface area contributed by atoms with E-state index in [1.807, 2.05) is 6.07 Å². The summed E-state index contributed by atoms with van der Waals surface area (Å²) in [5.74, 6) is 0.396. The predicted octanol–water partition coefficient (Wildman–Crippen LogP) is 3.23. The molecule has 1 aromatic carbocycles. The van der Waals surface area contributed by atoms with Gasteiger partial charge in [-0.05, 0) is 47.1 Å². The molecular weight excluding hydrogens is 235 g/mol. The fraction of sp³-hybridized carbons (Fsp3) is 0.222. The Hall–Kier alpha value is -0.0500. The van der Waals surface area contributed by atoms with E-state index in [1.165, 1.54) is 9.13 Å². The Labute approximate surface area is 75.8 Å². The van der Waals surface area contributed by atoms with Crippen LogP contribution in [0, 0.1) is 10.5 Å². The van der Waals surface area contributed by atoms with E-state index in [4.69, 9.17) is 0 Å². The maximum absolute atomic E-state index is 3.96. The monoisotopic (exact) mass is 245 g/mol. The van der Waals surface area contributed by atoms with Crippen LogP contribution in [0.3, 0.4) is 0 Å². The average Bonchev–Trinajstić information content (AvgIpc) is 1.88. The van der Waals surface area contributed by atoms with E-state index in [-0.39, 0.29) is 0 Å². The second-order valence-electron chi connectivity index (χ2n) is 2.42. The molecule has 0 amide bonds. The van der Waals surface area contributed by atoms with E-state index in [2.05, 4.69) is 54.6 Å². The molecule has 0 N–H and O–H groups in total. The molecule has 0 aromatic heterocycles. The van der Waals surface area contributed by atoms with Gasteiger partial charge in [0.1, 0.15) is 0 Å². The summed E-state index contributed by atoms with van der Waals surface area (Å²) in [7, 11) is 0. The Morgan fingerprint density at radius 2 is 2.00 bits per heavy atom. The Bertz CT molecular complexity index is 216. The molecule has 1 unspecified atom stereocenters. The minimum Gasteiger partial charge on any atom is -0.0619 e. The first-order valence-electron chi connectivity index (χ1n) is 3.29. The summed E-state index contributed by atoms with van der Waals surface area (Å²) in [6.07, 6.45) is 0. The first-order chi connectivity index (χ1) is 4.72. The van der Waals surface area contributed by atoms with Crippen LogP contribution in [0.25, 0.3) is 0 Å². The lowest BCUT2D eigenvalue weighted by atomic mass is 10.0. The lowest BCUT2D eigenvalue weighted by Crippen LogP contribution is -1.89. The van der Waals surface area contributed by atoms with E-state index in [0.29, 0.717) is 5.92 Å². The third-order valence-electron chi connectivity index (χ3n) is 1.44. The highest BCUT2D eigenvalue weighted by atomic mass is 127. The third kappa shape index (κ3) is 1.72. The minimum atomic E-state index is 0.396. The average molecular weight is 245 g/mol. The number of hydrogen-bond acceptors (Lipinski definition) is 0. The zero-order valence-corrected chi connectivity index (χ0v) is 8.13. The van der Waals surface area contributed by atoms with Crippen molar-refractivity contribution in [1.82, 2.24) is 0 Å². The summed E-state index contributed by atoms with van der Waals surface area (Å²) >= 11 is 2.34. The van der Waals surface area contributed by atoms with Crippen molar-refractivity contribution < 1.29 is 0 Å². The van der Waals surface area contributed by atoms with Crippen LogP contribution in [0.4, 0.5) is 0 Å². The van der Waals surface area contributed by atoms with Gasteiger partial charge >= 0.3 is 0 Å². The van der Waals surface area contributed by atoms with Crippen LogP contribution >= 0.6 is 22.6 Å². The van der Waals surface area contributed by atoms with Crippen molar-refractivity contribution in [3.05, 3.63) is 40.3 Å². The van der Waals surface area contributed by atoms with Gasteiger partial charge in [0.15, 0.2) is 0 Å². The van der Waals surface area contributed by atoms with Gasteiger partial charge < -0.3 is 0 Å². The Kier molecular flexibility index (Phi) is 2.72. The van der Waals surface area contributed by atoms with Crippen LogP contribution in [0.5, 0.6) is 0 Å². The lowest BCUT2D eigenvalue weighted by molar-refractivity contribution is 0.956. The van der Waals surface area contributed by atoms with Crippen molar-refractivity contribution in [3.8, 4) is 0 Å². The highest BCUT2D eigenvalue weighted by Crippen LogP contribution is 2.19. The van der Waals surface area contributed by atoms with E-state index in [9.17, 15) is 0 Å². The molecule has 0 nitrogen and oxygen atoms in total. The highest BCUT2D eigenvalue weighted by Gasteiger charge is 2.00. The minimum absolute atomic E-state index is 0.396. The van der Waals surface area contributed by atoms with Gasteiger partial charge in [0, 0.05) is 3.57 Å². The number of halogens is 1. The van der Waals surface area contributed by atoms with Gasteiger partial charge in [-0.15, -0.1) is 0 Å². The summed E-state index contributed by atoms with van der Waals surface area (Å²) in [6.45, 7) is 6.07. The third-order valence-corrected chi connectivity index (χ3v) is 2.42. The maximum Gasteiger partial charge on any atom is 0.0165 e. The molecule has 0 heterocycles. The van der Waals surface area contributed by atoms with Crippen LogP contribution in [0.15, 0.2) is 24.3 Å². The zero-order chi connectivity index (χ0) is 7.56. The van der Waals surface area contributed by atoms with Gasteiger partial charge in [0.2, 0.25) is 0 Å². The Morgan fingerprint density at radius 3 is 2.40 bits per heavy atom. The molecule has 1 atom stereocenters. The van der Waals surface area contributed by atoms with Gasteiger partial charge in [-0.1, -0.05) is 25.1 Å². The van der Waals surface area contributed by atoms with E-state index in [1.54, 1.807) is 0 Å². The van der Waals surface area contributed by atoms with Crippen molar-refractivity contribution in [2.45, 2.75) is 12.8 Å². The van der Waals surface area contributed by atoms with Gasteiger partial charge in [-0.25, -0.2) is 0 Å². The molecule has 0 saturated carbocycles. The standard InChI is InChI=1S/C9H10I/c1-7(2)8-5-3-4-6-9(8)10/h3-7H,1H2,2H3. The SMILES string of the molecule is [CH2]C(C)c1ccccc1I. The molecule has 0 spiro atoms. The molecule has 53 valence electrons. The van der Waals surface area contributed by atoms with Gasteiger partial charge in [-0.2, -0.15) is 0 Å². The molecule has 0 fully saturated rings. The molecule has 1 aromatic rings. The molecule has 0 aliphatic heterocycles. The molecule has 0 bridgehead atoms. The molecule has 1 heteroatoms. The summed E-state index contributed by atoms with van der Waals surface area (Å²) in [5, 5.41) is 0. The van der Waals surface area contributed by atoms with Gasteiger partial charge in [-0.3, -0.25) is 0 Å². The first-order valence-corrected chi connectivity index (χ1v) is 4.37. The summed E-state index contributed by atoms with van der Waals surface area (Å²) < 4.78 is 1.31. The topological polar surface area (TPSA) is 0 Å². The zero-order valence-electron chi connectivity index (χ0n) is 5.97. The molecule has 1 radical (unpaired) electrons. The van der Waals surface area contributed by atoms with E-state index < -0.39 is 0 Å². The molecule has 1 rings (SSSR count). The van der Waals surface area contributed by atoms with Crippen LogP contribution in [-0.2, 0) is 0 Å². The van der Waals surface area contributed by atoms with Crippen molar-refractivity contribution in [2.24, 2.45) is 0 Å². The fourth-order valence-electron chi connectivity index (χ4n) is 0.875.